The summed E-state index contributed by atoms with van der Waals surface area (Å²) in [5.41, 5.74) is 14.0. The summed E-state index contributed by atoms with van der Waals surface area (Å²) in [5.74, 6) is 0.457. The molecule has 32 heavy (non-hydrogen) atoms. The van der Waals surface area contributed by atoms with Crippen molar-refractivity contribution in [2.75, 3.05) is 18.5 Å². The summed E-state index contributed by atoms with van der Waals surface area (Å²) in [6.07, 6.45) is 9.10. The number of hydrogen-bond acceptors (Lipinski definition) is 7. The van der Waals surface area contributed by atoms with Gasteiger partial charge in [0.2, 0.25) is 18.7 Å². The van der Waals surface area contributed by atoms with Gasteiger partial charge in [-0.25, -0.2) is 4.98 Å². The lowest BCUT2D eigenvalue weighted by Gasteiger charge is -2.18. The number of hydrogen-bond donors (Lipinski definition) is 4. The lowest BCUT2D eigenvalue weighted by Crippen LogP contribution is -2.35. The van der Waals surface area contributed by atoms with Gasteiger partial charge in [-0.15, -0.1) is 0 Å². The van der Waals surface area contributed by atoms with Crippen LogP contribution in [0.3, 0.4) is 0 Å². The monoisotopic (exact) mass is 441 g/mol. The van der Waals surface area contributed by atoms with E-state index in [1.54, 1.807) is 6.92 Å². The Balaban J connectivity index is 1.96. The van der Waals surface area contributed by atoms with Crippen LogP contribution in [0.2, 0.25) is 0 Å². The molecule has 0 saturated heterocycles. The first-order valence-electron chi connectivity index (χ1n) is 10.1. The zero-order valence-corrected chi connectivity index (χ0v) is 17.9. The van der Waals surface area contributed by atoms with E-state index in [0.717, 1.165) is 18.4 Å². The van der Waals surface area contributed by atoms with E-state index in [-0.39, 0.29) is 24.0 Å². The largest absolute Gasteiger partial charge is 0.483 e. The third-order valence-corrected chi connectivity index (χ3v) is 5.07. The van der Waals surface area contributed by atoms with Crippen molar-refractivity contribution in [3.63, 3.8) is 0 Å². The second kappa shape index (κ2) is 9.86. The molecule has 0 radical (unpaired) electrons. The molecule has 1 unspecified atom stereocenters. The summed E-state index contributed by atoms with van der Waals surface area (Å²) in [4.78, 5) is 40.2. The van der Waals surface area contributed by atoms with Gasteiger partial charge >= 0.3 is 0 Å². The Morgan fingerprint density at radius 3 is 2.75 bits per heavy atom. The summed E-state index contributed by atoms with van der Waals surface area (Å²) >= 11 is 0. The summed E-state index contributed by atoms with van der Waals surface area (Å²) in [5, 5.41) is 4.83. The van der Waals surface area contributed by atoms with Gasteiger partial charge in [0, 0.05) is 31.7 Å². The highest BCUT2D eigenvalue weighted by Gasteiger charge is 2.27. The van der Waals surface area contributed by atoms with Gasteiger partial charge < -0.3 is 36.1 Å². The third-order valence-electron chi connectivity index (χ3n) is 5.07. The molecule has 2 heterocycles. The number of allylic oxidation sites excluding steroid dienone is 1. The van der Waals surface area contributed by atoms with Crippen LogP contribution in [-0.4, -0.2) is 41.7 Å². The van der Waals surface area contributed by atoms with Crippen molar-refractivity contribution in [1.82, 2.24) is 20.0 Å². The summed E-state index contributed by atoms with van der Waals surface area (Å²) < 4.78 is 7.67. The maximum atomic E-state index is 11.9. The van der Waals surface area contributed by atoms with Gasteiger partial charge in [0.05, 0.1) is 11.4 Å². The second-order valence-electron chi connectivity index (χ2n) is 7.43. The topological polar surface area (TPSA) is 157 Å². The number of pyridine rings is 1. The minimum Gasteiger partial charge on any atom is -0.483 e. The van der Waals surface area contributed by atoms with Crippen molar-refractivity contribution in [1.29, 1.82) is 0 Å². The molecular weight excluding hydrogens is 414 g/mol. The van der Waals surface area contributed by atoms with Gasteiger partial charge in [0.25, 0.3) is 0 Å². The van der Waals surface area contributed by atoms with Gasteiger partial charge in [0.1, 0.15) is 24.2 Å². The molecule has 3 rings (SSSR count). The van der Waals surface area contributed by atoms with E-state index in [2.05, 4.69) is 15.6 Å². The number of aromatic nitrogens is 2. The van der Waals surface area contributed by atoms with Crippen molar-refractivity contribution in [3.8, 4) is 0 Å². The molecule has 1 fully saturated rings. The van der Waals surface area contributed by atoms with Gasteiger partial charge in [0.15, 0.2) is 5.65 Å². The Hall–Kier alpha value is -4.02. The van der Waals surface area contributed by atoms with Gasteiger partial charge in [-0.2, -0.15) is 0 Å². The van der Waals surface area contributed by atoms with Gasteiger partial charge in [-0.05, 0) is 37.3 Å². The first kappa shape index (κ1) is 22.7. The molecule has 0 aromatic carbocycles. The van der Waals surface area contributed by atoms with E-state index in [0.29, 0.717) is 35.8 Å². The van der Waals surface area contributed by atoms with E-state index in [1.807, 2.05) is 22.9 Å². The lowest BCUT2D eigenvalue weighted by molar-refractivity contribution is -0.120. The van der Waals surface area contributed by atoms with Crippen molar-refractivity contribution in [3.05, 3.63) is 53.6 Å². The molecule has 1 aliphatic rings. The minimum atomic E-state index is -0.522. The molecule has 11 heteroatoms. The van der Waals surface area contributed by atoms with E-state index in [1.165, 1.54) is 24.2 Å². The minimum absolute atomic E-state index is 0.0751. The molecule has 6 N–H and O–H groups in total. The van der Waals surface area contributed by atoms with Crippen LogP contribution in [0.15, 0.2) is 42.3 Å². The summed E-state index contributed by atoms with van der Waals surface area (Å²) in [7, 11) is 1.52. The summed E-state index contributed by atoms with van der Waals surface area (Å²) in [6.45, 7) is 1.66. The zero-order valence-electron chi connectivity index (χ0n) is 17.9. The molecular formula is C21H27N7O4. The number of carbonyl (C=O) groups is 3. The van der Waals surface area contributed by atoms with Crippen molar-refractivity contribution in [2.45, 2.75) is 31.8 Å². The highest BCUT2D eigenvalue weighted by molar-refractivity contribution is 5.92. The molecule has 1 atom stereocenters. The molecule has 0 spiro atoms. The maximum absolute atomic E-state index is 11.9. The highest BCUT2D eigenvalue weighted by atomic mass is 16.5. The predicted octanol–water partition coefficient (Wildman–Crippen LogP) is 0.344. The van der Waals surface area contributed by atoms with E-state index in [9.17, 15) is 14.4 Å². The van der Waals surface area contributed by atoms with Crippen molar-refractivity contribution in [2.24, 2.45) is 11.5 Å². The molecule has 11 nitrogen and oxygen atoms in total. The fourth-order valence-electron chi connectivity index (χ4n) is 3.23. The fraction of sp³-hybridized carbons (Fsp3) is 0.333. The standard InChI is InChI=1S/C21H27N7O4/c1-13(32-16(7-22)6-19(23)25-11-29)17-9-27-8-15(14-3-4-14)5-18(21(27)26-17)28(12-30)10-20(31)24-2/h5-9,11-14H,3-4,10,22-23H2,1-2H3,(H,24,31)(H,25,29)/b16-7+,19-6+. The number of nitrogens with zero attached hydrogens (tertiary/aromatic N) is 3. The number of rotatable bonds is 11. The van der Waals surface area contributed by atoms with E-state index < -0.39 is 6.10 Å². The van der Waals surface area contributed by atoms with Crippen LogP contribution in [0.5, 0.6) is 0 Å². The molecule has 1 saturated carbocycles. The SMILES string of the molecule is CNC(=O)CN(C=O)c1cc(C2CC2)cn2cc(C(C)OC(/C=C(\N)NC=O)=C/N)nc12. The number of imidazole rings is 1. The number of nitrogens with one attached hydrogen (secondary N) is 2. The molecule has 170 valence electrons. The van der Waals surface area contributed by atoms with Crippen molar-refractivity contribution >= 4 is 30.1 Å². The average Bonchev–Trinajstić information content (AvgIpc) is 3.54. The van der Waals surface area contributed by atoms with E-state index in [4.69, 9.17) is 16.2 Å². The van der Waals surface area contributed by atoms with Gasteiger partial charge in [-0.3, -0.25) is 14.4 Å². The Labute approximate surface area is 185 Å². The second-order valence-corrected chi connectivity index (χ2v) is 7.43. The number of fused-ring (bicyclic) bond motifs is 1. The Morgan fingerprint density at radius 1 is 1.41 bits per heavy atom. The van der Waals surface area contributed by atoms with Crippen LogP contribution in [-0.2, 0) is 19.1 Å². The van der Waals surface area contributed by atoms with Crippen LogP contribution in [0, 0.1) is 0 Å². The zero-order chi connectivity index (χ0) is 23.3. The van der Waals surface area contributed by atoms with Crippen LogP contribution in [0.1, 0.15) is 43.0 Å². The fourth-order valence-corrected chi connectivity index (χ4v) is 3.23. The van der Waals surface area contributed by atoms with Crippen LogP contribution < -0.4 is 27.0 Å². The van der Waals surface area contributed by atoms with E-state index >= 15 is 0 Å². The Bertz CT molecular complexity index is 1070. The molecule has 2 aromatic heterocycles. The molecule has 3 amide bonds. The molecule has 1 aliphatic carbocycles. The highest BCUT2D eigenvalue weighted by Crippen LogP contribution is 2.42. The van der Waals surface area contributed by atoms with Crippen LogP contribution in [0.4, 0.5) is 5.69 Å². The smallest absolute Gasteiger partial charge is 0.239 e. The molecule has 2 aromatic rings. The number of carbonyl (C=O) groups excluding carboxylic acids is 3. The molecule has 0 aliphatic heterocycles. The number of nitrogens with two attached hydrogens (primary N) is 2. The third kappa shape index (κ3) is 5.17. The number of anilines is 1. The molecule has 0 bridgehead atoms. The lowest BCUT2D eigenvalue weighted by atomic mass is 10.1. The predicted molar refractivity (Wildman–Crippen MR) is 118 cm³/mol. The van der Waals surface area contributed by atoms with Crippen LogP contribution in [0.25, 0.3) is 5.65 Å². The van der Waals surface area contributed by atoms with Crippen molar-refractivity contribution < 1.29 is 19.1 Å². The number of amides is 3. The Kier molecular flexibility index (Phi) is 6.98. The first-order chi connectivity index (χ1) is 15.4. The normalized spacial score (nSPS) is 15.2. The van der Waals surface area contributed by atoms with Gasteiger partial charge in [-0.1, -0.05) is 0 Å². The average molecular weight is 441 g/mol. The quantitative estimate of drug-likeness (QED) is 0.222. The van der Waals surface area contributed by atoms with Crippen LogP contribution >= 0.6 is 0 Å². The number of ether oxygens (including phenoxy) is 1. The Morgan fingerprint density at radius 2 is 2.16 bits per heavy atom. The maximum Gasteiger partial charge on any atom is 0.239 e. The first-order valence-corrected chi connectivity index (χ1v) is 10.1. The summed E-state index contributed by atoms with van der Waals surface area (Å²) in [6, 6.07) is 1.91. The number of likely N-dealkylation sites (N-methyl/N-ethyl adjacent to an activating group) is 1.